The number of carbonyl (C=O) groups is 1. The van der Waals surface area contributed by atoms with Crippen molar-refractivity contribution in [2.45, 2.75) is 18.2 Å². The van der Waals surface area contributed by atoms with Crippen molar-refractivity contribution >= 4 is 35.9 Å². The van der Waals surface area contributed by atoms with Crippen molar-refractivity contribution < 1.29 is 9.53 Å². The summed E-state index contributed by atoms with van der Waals surface area (Å²) in [6, 6.07) is 15.8. The van der Waals surface area contributed by atoms with E-state index in [-0.39, 0.29) is 5.78 Å². The lowest BCUT2D eigenvalue weighted by Crippen LogP contribution is -2.28. The number of anilines is 2. The number of hydrogen-bond acceptors (Lipinski definition) is 5. The largest absolute Gasteiger partial charge is 0.494 e. The van der Waals surface area contributed by atoms with Gasteiger partial charge in [-0.05, 0) is 49.2 Å². The Morgan fingerprint density at radius 3 is 2.55 bits per heavy atom. The van der Waals surface area contributed by atoms with Gasteiger partial charge in [-0.1, -0.05) is 36.4 Å². The van der Waals surface area contributed by atoms with Gasteiger partial charge in [-0.3, -0.25) is 4.79 Å². The van der Waals surface area contributed by atoms with Crippen LogP contribution in [0.3, 0.4) is 0 Å². The van der Waals surface area contributed by atoms with E-state index in [2.05, 4.69) is 61.1 Å². The van der Waals surface area contributed by atoms with E-state index in [9.17, 15) is 4.79 Å². The van der Waals surface area contributed by atoms with Gasteiger partial charge in [0.1, 0.15) is 5.70 Å². The summed E-state index contributed by atoms with van der Waals surface area (Å²) in [6.45, 7) is 3.07. The minimum atomic E-state index is -0.0312. The molecule has 0 unspecified atom stereocenters. The predicted octanol–water partition coefficient (Wildman–Crippen LogP) is 5.31. The molecule has 5 heteroatoms. The first kappa shape index (κ1) is 20.8. The molecule has 150 valence electrons. The van der Waals surface area contributed by atoms with Crippen LogP contribution in [0.1, 0.15) is 18.9 Å². The Labute approximate surface area is 178 Å². The number of allylic oxidation sites excluding steroid dienone is 4. The van der Waals surface area contributed by atoms with Crippen molar-refractivity contribution in [2.24, 2.45) is 0 Å². The zero-order valence-corrected chi connectivity index (χ0v) is 17.9. The molecular weight excluding hydrogens is 380 g/mol. The molecule has 29 heavy (non-hydrogen) atoms. The fourth-order valence-corrected chi connectivity index (χ4v) is 3.29. The number of hydrogen-bond donors (Lipinski definition) is 2. The van der Waals surface area contributed by atoms with E-state index in [1.807, 2.05) is 42.5 Å². The van der Waals surface area contributed by atoms with Crippen LogP contribution < -0.4 is 10.2 Å². The van der Waals surface area contributed by atoms with Gasteiger partial charge in [0.2, 0.25) is 5.78 Å². The maximum absolute atomic E-state index is 12.5. The standard InChI is InChI=1S/C24H26N2O2S/c1-4-26(2)21-12-8-6-10-17(21)9-5-7-11-20-23(27)22(24(20)28-3)25-18-13-15-19(29)16-14-18/h5-6,8-16,25,29H,4,7H2,1-3H3/b9-5-,20-11+. The molecule has 0 saturated heterocycles. The third-order valence-electron chi connectivity index (χ3n) is 4.86. The van der Waals surface area contributed by atoms with Crippen LogP contribution in [0.15, 0.2) is 82.6 Å². The predicted molar refractivity (Wildman–Crippen MR) is 123 cm³/mol. The van der Waals surface area contributed by atoms with Gasteiger partial charge in [-0.2, -0.15) is 0 Å². The summed E-state index contributed by atoms with van der Waals surface area (Å²) in [6.07, 6.45) is 6.72. The molecule has 3 rings (SSSR count). The van der Waals surface area contributed by atoms with E-state index < -0.39 is 0 Å². The molecule has 2 aromatic carbocycles. The van der Waals surface area contributed by atoms with Crippen LogP contribution in [0.4, 0.5) is 11.4 Å². The van der Waals surface area contributed by atoms with E-state index in [0.717, 1.165) is 22.7 Å². The second-order valence-electron chi connectivity index (χ2n) is 6.74. The molecular formula is C24H26N2O2S. The van der Waals surface area contributed by atoms with Gasteiger partial charge in [0.05, 0.1) is 12.7 Å². The van der Waals surface area contributed by atoms with Gasteiger partial charge in [0.25, 0.3) is 0 Å². The average Bonchev–Trinajstić information content (AvgIpc) is 2.75. The van der Waals surface area contributed by atoms with Gasteiger partial charge >= 0.3 is 0 Å². The lowest BCUT2D eigenvalue weighted by Gasteiger charge is -2.25. The first-order valence-electron chi connectivity index (χ1n) is 9.61. The lowest BCUT2D eigenvalue weighted by atomic mass is 9.92. The Bertz CT molecular complexity index is 975. The zero-order chi connectivity index (χ0) is 20.8. The highest BCUT2D eigenvalue weighted by Crippen LogP contribution is 2.32. The van der Waals surface area contributed by atoms with Crippen LogP contribution >= 0.6 is 12.6 Å². The fraction of sp³-hybridized carbons (Fsp3) is 0.208. The SMILES string of the molecule is CCN(C)c1ccccc1/C=C\C/C=C1\C(=O)C(Nc2ccc(S)cc2)=C1OC. The Hall–Kier alpha value is -2.92. The summed E-state index contributed by atoms with van der Waals surface area (Å²) >= 11 is 4.27. The number of rotatable bonds is 8. The number of ketones is 1. The lowest BCUT2D eigenvalue weighted by molar-refractivity contribution is -0.113. The van der Waals surface area contributed by atoms with Crippen molar-refractivity contribution in [2.75, 3.05) is 30.9 Å². The van der Waals surface area contributed by atoms with E-state index >= 15 is 0 Å². The highest BCUT2D eigenvalue weighted by molar-refractivity contribution is 7.80. The summed E-state index contributed by atoms with van der Waals surface area (Å²) in [5.74, 6) is 0.570. The van der Waals surface area contributed by atoms with Gasteiger partial charge in [0, 0.05) is 29.9 Å². The zero-order valence-electron chi connectivity index (χ0n) is 17.0. The maximum atomic E-state index is 12.5. The highest BCUT2D eigenvalue weighted by Gasteiger charge is 2.34. The Morgan fingerprint density at radius 1 is 1.14 bits per heavy atom. The molecule has 0 saturated carbocycles. The number of nitrogens with one attached hydrogen (secondary N) is 1. The van der Waals surface area contributed by atoms with Crippen LogP contribution in [0.2, 0.25) is 0 Å². The average molecular weight is 407 g/mol. The van der Waals surface area contributed by atoms with Crippen LogP contribution in [0, 0.1) is 0 Å². The first-order chi connectivity index (χ1) is 14.0. The molecule has 0 spiro atoms. The number of para-hydroxylation sites is 1. The molecule has 0 atom stereocenters. The van der Waals surface area contributed by atoms with Crippen LogP contribution in [0.5, 0.6) is 0 Å². The van der Waals surface area contributed by atoms with Crippen molar-refractivity contribution in [1.29, 1.82) is 0 Å². The molecule has 0 aromatic heterocycles. The summed E-state index contributed by atoms with van der Waals surface area (Å²) in [5, 5.41) is 3.14. The third kappa shape index (κ3) is 4.74. The van der Waals surface area contributed by atoms with Crippen molar-refractivity contribution in [1.82, 2.24) is 0 Å². The van der Waals surface area contributed by atoms with E-state index in [1.54, 1.807) is 7.11 Å². The van der Waals surface area contributed by atoms with Gasteiger partial charge < -0.3 is 15.0 Å². The molecule has 4 nitrogen and oxygen atoms in total. The van der Waals surface area contributed by atoms with Crippen LogP contribution in [0.25, 0.3) is 6.08 Å². The molecule has 1 aliphatic carbocycles. The maximum Gasteiger partial charge on any atom is 0.216 e. The number of ether oxygens (including phenoxy) is 1. The van der Waals surface area contributed by atoms with Gasteiger partial charge in [-0.15, -0.1) is 12.6 Å². The Balaban J connectivity index is 1.70. The number of carbonyl (C=O) groups excluding carboxylic acids is 1. The van der Waals surface area contributed by atoms with Gasteiger partial charge in [0.15, 0.2) is 5.76 Å². The topological polar surface area (TPSA) is 41.6 Å². The minimum Gasteiger partial charge on any atom is -0.494 e. The monoisotopic (exact) mass is 406 g/mol. The molecule has 1 N–H and O–H groups in total. The highest BCUT2D eigenvalue weighted by atomic mass is 32.1. The Kier molecular flexibility index (Phi) is 6.83. The van der Waals surface area contributed by atoms with Crippen LogP contribution in [-0.4, -0.2) is 26.5 Å². The number of nitrogens with zero attached hydrogens (tertiary/aromatic N) is 1. The molecule has 0 aliphatic heterocycles. The summed E-state index contributed by atoms with van der Waals surface area (Å²) in [7, 11) is 3.66. The summed E-state index contributed by atoms with van der Waals surface area (Å²) < 4.78 is 5.44. The molecule has 2 aromatic rings. The first-order valence-corrected chi connectivity index (χ1v) is 10.1. The quantitative estimate of drug-likeness (QED) is 0.460. The molecule has 0 bridgehead atoms. The smallest absolute Gasteiger partial charge is 0.216 e. The summed E-state index contributed by atoms with van der Waals surface area (Å²) in [4.78, 5) is 15.6. The molecule has 1 aliphatic rings. The molecule has 0 radical (unpaired) electrons. The summed E-state index contributed by atoms with van der Waals surface area (Å²) in [5.41, 5.74) is 4.28. The second-order valence-corrected chi connectivity index (χ2v) is 7.25. The number of Topliss-reactive ketones (excluding diaryl/α,β-unsaturated/α-hetero) is 1. The van der Waals surface area contributed by atoms with Crippen molar-refractivity contribution in [3.8, 4) is 0 Å². The number of methoxy groups -OCH3 is 1. The number of thiol groups is 1. The minimum absolute atomic E-state index is 0.0312. The fourth-order valence-electron chi connectivity index (χ4n) is 3.14. The van der Waals surface area contributed by atoms with E-state index in [4.69, 9.17) is 4.74 Å². The normalized spacial score (nSPS) is 15.0. The second kappa shape index (κ2) is 9.52. The Morgan fingerprint density at radius 2 is 1.86 bits per heavy atom. The van der Waals surface area contributed by atoms with Gasteiger partial charge in [-0.25, -0.2) is 0 Å². The van der Waals surface area contributed by atoms with Crippen molar-refractivity contribution in [3.05, 3.63) is 83.3 Å². The molecule has 0 fully saturated rings. The van der Waals surface area contributed by atoms with E-state index in [1.165, 1.54) is 5.69 Å². The number of benzene rings is 2. The molecule has 0 heterocycles. The van der Waals surface area contributed by atoms with Crippen molar-refractivity contribution in [3.63, 3.8) is 0 Å². The van der Waals surface area contributed by atoms with E-state index in [0.29, 0.717) is 23.5 Å². The molecule has 0 amide bonds. The van der Waals surface area contributed by atoms with Crippen LogP contribution in [-0.2, 0) is 9.53 Å². The third-order valence-corrected chi connectivity index (χ3v) is 5.16.